The van der Waals surface area contributed by atoms with E-state index in [9.17, 15) is 4.57 Å². The predicted molar refractivity (Wildman–Crippen MR) is 90.0 cm³/mol. The minimum absolute atomic E-state index is 0.0706. The van der Waals surface area contributed by atoms with Gasteiger partial charge in [0.1, 0.15) is 0 Å². The van der Waals surface area contributed by atoms with Crippen molar-refractivity contribution >= 4 is 18.0 Å². The van der Waals surface area contributed by atoms with Gasteiger partial charge in [0.2, 0.25) is 0 Å². The van der Waals surface area contributed by atoms with Gasteiger partial charge in [-0.25, -0.2) is 0 Å². The number of benzene rings is 2. The highest BCUT2D eigenvalue weighted by atomic mass is 31.2. The second-order valence-electron chi connectivity index (χ2n) is 6.15. The SMILES string of the molecule is O=P(OC1CC2C=CC1C2)(c1ccccc1)c1ccccc1. The third kappa shape index (κ3) is 2.37. The highest BCUT2D eigenvalue weighted by Gasteiger charge is 2.41. The van der Waals surface area contributed by atoms with Crippen molar-refractivity contribution in [3.8, 4) is 0 Å². The first-order valence-corrected chi connectivity index (χ1v) is 9.46. The van der Waals surface area contributed by atoms with Gasteiger partial charge in [0.05, 0.1) is 6.10 Å². The zero-order chi connectivity index (χ0) is 15.0. The van der Waals surface area contributed by atoms with Gasteiger partial charge in [-0.3, -0.25) is 4.57 Å². The molecule has 0 saturated heterocycles. The maximum Gasteiger partial charge on any atom is 0.261 e. The molecule has 0 heterocycles. The maximum atomic E-state index is 13.8. The van der Waals surface area contributed by atoms with Crippen molar-refractivity contribution in [2.75, 3.05) is 0 Å². The Kier molecular flexibility index (Phi) is 3.52. The Balaban J connectivity index is 1.73. The van der Waals surface area contributed by atoms with Gasteiger partial charge in [0.25, 0.3) is 7.37 Å². The van der Waals surface area contributed by atoms with Gasteiger partial charge in [0, 0.05) is 16.5 Å². The second-order valence-corrected chi connectivity index (χ2v) is 8.49. The molecule has 0 N–H and O–H groups in total. The highest BCUT2D eigenvalue weighted by molar-refractivity contribution is 7.74. The van der Waals surface area contributed by atoms with Crippen molar-refractivity contribution in [3.05, 3.63) is 72.8 Å². The monoisotopic (exact) mass is 310 g/mol. The number of hydrogen-bond acceptors (Lipinski definition) is 2. The zero-order valence-corrected chi connectivity index (χ0v) is 13.2. The van der Waals surface area contributed by atoms with Crippen LogP contribution in [0.15, 0.2) is 72.8 Å². The second kappa shape index (κ2) is 5.53. The fraction of sp³-hybridized carbons (Fsp3) is 0.263. The molecular formula is C19H19O2P. The minimum Gasteiger partial charge on any atom is -0.318 e. The molecule has 4 rings (SSSR count). The summed E-state index contributed by atoms with van der Waals surface area (Å²) in [6, 6.07) is 19.2. The molecule has 2 aromatic rings. The van der Waals surface area contributed by atoms with E-state index in [4.69, 9.17) is 4.52 Å². The molecule has 3 unspecified atom stereocenters. The molecule has 0 amide bonds. The Morgan fingerprint density at radius 3 is 1.86 bits per heavy atom. The van der Waals surface area contributed by atoms with E-state index in [1.165, 1.54) is 0 Å². The predicted octanol–water partition coefficient (Wildman–Crippen LogP) is 3.90. The summed E-state index contributed by atoms with van der Waals surface area (Å²) in [6.45, 7) is 0. The van der Waals surface area contributed by atoms with Gasteiger partial charge in [-0.2, -0.15) is 0 Å². The first kappa shape index (κ1) is 14.0. The lowest BCUT2D eigenvalue weighted by Gasteiger charge is -2.26. The topological polar surface area (TPSA) is 26.3 Å². The number of rotatable bonds is 4. The Morgan fingerprint density at radius 2 is 1.41 bits per heavy atom. The molecule has 112 valence electrons. The first-order chi connectivity index (χ1) is 10.8. The molecule has 1 saturated carbocycles. The minimum atomic E-state index is -3.04. The summed E-state index contributed by atoms with van der Waals surface area (Å²) in [5.41, 5.74) is 0. The van der Waals surface area contributed by atoms with Crippen molar-refractivity contribution in [2.45, 2.75) is 18.9 Å². The van der Waals surface area contributed by atoms with Crippen LogP contribution in [-0.2, 0) is 9.09 Å². The smallest absolute Gasteiger partial charge is 0.261 e. The van der Waals surface area contributed by atoms with Gasteiger partial charge >= 0.3 is 0 Å². The average molecular weight is 310 g/mol. The van der Waals surface area contributed by atoms with Crippen LogP contribution in [0.5, 0.6) is 0 Å². The molecule has 3 heteroatoms. The Labute approximate surface area is 131 Å². The van der Waals surface area contributed by atoms with Crippen molar-refractivity contribution < 1.29 is 9.09 Å². The maximum absolute atomic E-state index is 13.8. The number of fused-ring (bicyclic) bond motifs is 2. The van der Waals surface area contributed by atoms with Crippen LogP contribution in [0.25, 0.3) is 0 Å². The molecule has 0 spiro atoms. The molecule has 0 aliphatic heterocycles. The fourth-order valence-corrected chi connectivity index (χ4v) is 5.86. The summed E-state index contributed by atoms with van der Waals surface area (Å²) < 4.78 is 20.1. The molecular weight excluding hydrogens is 291 g/mol. The molecule has 2 aromatic carbocycles. The average Bonchev–Trinajstić information content (AvgIpc) is 3.19. The van der Waals surface area contributed by atoms with E-state index in [0.717, 1.165) is 23.5 Å². The Morgan fingerprint density at radius 1 is 0.818 bits per heavy atom. The summed E-state index contributed by atoms with van der Waals surface area (Å²) in [5, 5.41) is 1.57. The molecule has 2 aliphatic rings. The third-order valence-electron chi connectivity index (χ3n) is 4.69. The highest BCUT2D eigenvalue weighted by Crippen LogP contribution is 2.52. The fourth-order valence-electron chi connectivity index (χ4n) is 3.56. The standard InChI is InChI=1S/C19H19O2P/c20-22(17-7-3-1-4-8-17,18-9-5-2-6-10-18)21-19-14-15-11-12-16(19)13-15/h1-12,15-16,19H,13-14H2. The van der Waals surface area contributed by atoms with E-state index in [2.05, 4.69) is 12.2 Å². The molecule has 22 heavy (non-hydrogen) atoms. The van der Waals surface area contributed by atoms with Gasteiger partial charge in [0.15, 0.2) is 0 Å². The van der Waals surface area contributed by atoms with Crippen LogP contribution in [-0.4, -0.2) is 6.10 Å². The number of hydrogen-bond donors (Lipinski definition) is 0. The third-order valence-corrected chi connectivity index (χ3v) is 7.22. The van der Waals surface area contributed by atoms with Crippen LogP contribution in [0.2, 0.25) is 0 Å². The van der Waals surface area contributed by atoms with Crippen LogP contribution in [0, 0.1) is 11.8 Å². The van der Waals surface area contributed by atoms with E-state index >= 15 is 0 Å². The molecule has 3 atom stereocenters. The normalized spacial score (nSPS) is 26.5. The lowest BCUT2D eigenvalue weighted by Crippen LogP contribution is -2.25. The van der Waals surface area contributed by atoms with Crippen molar-refractivity contribution in [1.82, 2.24) is 0 Å². The lowest BCUT2D eigenvalue weighted by atomic mass is 10.1. The van der Waals surface area contributed by atoms with Gasteiger partial charge < -0.3 is 4.52 Å². The van der Waals surface area contributed by atoms with Crippen LogP contribution in [0.1, 0.15) is 12.8 Å². The van der Waals surface area contributed by atoms with E-state index in [-0.39, 0.29) is 6.10 Å². The summed E-state index contributed by atoms with van der Waals surface area (Å²) in [6.07, 6.45) is 6.72. The van der Waals surface area contributed by atoms with E-state index in [1.54, 1.807) is 0 Å². The lowest BCUT2D eigenvalue weighted by molar-refractivity contribution is 0.185. The molecule has 0 aromatic heterocycles. The molecule has 2 nitrogen and oxygen atoms in total. The molecule has 1 fully saturated rings. The zero-order valence-electron chi connectivity index (χ0n) is 12.3. The quantitative estimate of drug-likeness (QED) is 0.632. The van der Waals surface area contributed by atoms with Gasteiger partial charge in [-0.1, -0.05) is 48.6 Å². The number of allylic oxidation sites excluding steroid dienone is 1. The van der Waals surface area contributed by atoms with Crippen molar-refractivity contribution in [3.63, 3.8) is 0 Å². The van der Waals surface area contributed by atoms with Crippen molar-refractivity contribution in [2.24, 2.45) is 11.8 Å². The van der Waals surface area contributed by atoms with Crippen LogP contribution in [0.3, 0.4) is 0 Å². The molecule has 2 bridgehead atoms. The molecule has 0 radical (unpaired) electrons. The molecule has 2 aliphatic carbocycles. The van der Waals surface area contributed by atoms with Crippen LogP contribution < -0.4 is 10.6 Å². The summed E-state index contributed by atoms with van der Waals surface area (Å²) >= 11 is 0. The van der Waals surface area contributed by atoms with E-state index in [0.29, 0.717) is 11.8 Å². The first-order valence-electron chi connectivity index (χ1n) is 7.84. The van der Waals surface area contributed by atoms with E-state index < -0.39 is 7.37 Å². The van der Waals surface area contributed by atoms with Crippen LogP contribution in [0.4, 0.5) is 0 Å². The van der Waals surface area contributed by atoms with Gasteiger partial charge in [-0.15, -0.1) is 0 Å². The van der Waals surface area contributed by atoms with Crippen LogP contribution >= 0.6 is 7.37 Å². The summed E-state index contributed by atoms with van der Waals surface area (Å²) in [7, 11) is -3.04. The van der Waals surface area contributed by atoms with Gasteiger partial charge in [-0.05, 0) is 43.0 Å². The van der Waals surface area contributed by atoms with Crippen molar-refractivity contribution in [1.29, 1.82) is 0 Å². The Hall–Kier alpha value is -1.63. The summed E-state index contributed by atoms with van der Waals surface area (Å²) in [5.74, 6) is 1.03. The Bertz CT molecular complexity index is 680. The largest absolute Gasteiger partial charge is 0.318 e. The van der Waals surface area contributed by atoms with E-state index in [1.807, 2.05) is 60.7 Å². The summed E-state index contributed by atoms with van der Waals surface area (Å²) in [4.78, 5) is 0.